The molecule has 0 aromatic heterocycles. The first-order valence-electron chi connectivity index (χ1n) is 12.2. The van der Waals surface area contributed by atoms with Crippen molar-refractivity contribution in [3.8, 4) is 11.1 Å². The first kappa shape index (κ1) is 26.3. The van der Waals surface area contributed by atoms with Crippen LogP contribution in [0.2, 0.25) is 0 Å². The summed E-state index contributed by atoms with van der Waals surface area (Å²) in [6, 6.07) is 16.6. The van der Waals surface area contributed by atoms with Crippen molar-refractivity contribution in [2.45, 2.75) is 37.6 Å². The molecular weight excluding hydrogens is 481 g/mol. The minimum absolute atomic E-state index is 0.0586. The number of hydrogen-bond donors (Lipinski definition) is 1. The average Bonchev–Trinajstić information content (AvgIpc) is 2.89. The molecule has 2 amide bonds. The molecule has 1 N–H and O–H groups in total. The number of rotatable bonds is 7. The van der Waals surface area contributed by atoms with E-state index in [1.165, 1.54) is 31.3 Å². The first-order valence-corrected chi connectivity index (χ1v) is 12.2. The fourth-order valence-electron chi connectivity index (χ4n) is 5.01. The molecule has 1 saturated heterocycles. The second-order valence-electron chi connectivity index (χ2n) is 9.36. The second-order valence-corrected chi connectivity index (χ2v) is 9.36. The highest BCUT2D eigenvalue weighted by Gasteiger charge is 2.41. The van der Waals surface area contributed by atoms with Gasteiger partial charge in [0.15, 0.2) is 0 Å². The number of carbonyl (C=O) groups excluding carboxylic acids is 2. The van der Waals surface area contributed by atoms with Crippen molar-refractivity contribution in [3.63, 3.8) is 0 Å². The third-order valence-corrected chi connectivity index (χ3v) is 7.22. The van der Waals surface area contributed by atoms with E-state index >= 15 is 0 Å². The van der Waals surface area contributed by atoms with E-state index in [4.69, 9.17) is 4.74 Å². The number of amides is 2. The average molecular weight is 511 g/mol. The quantitative estimate of drug-likeness (QED) is 0.416. The minimum atomic E-state index is -0.635. The zero-order valence-electron chi connectivity index (χ0n) is 20.8. The Kier molecular flexibility index (Phi) is 7.86. The molecular formula is C29H29F3N2O3. The summed E-state index contributed by atoms with van der Waals surface area (Å²) < 4.78 is 46.2. The fourth-order valence-corrected chi connectivity index (χ4v) is 5.01. The number of carbonyl (C=O) groups is 2. The van der Waals surface area contributed by atoms with Crippen molar-refractivity contribution in [2.75, 3.05) is 20.2 Å². The van der Waals surface area contributed by atoms with Crippen LogP contribution >= 0.6 is 0 Å². The summed E-state index contributed by atoms with van der Waals surface area (Å²) in [5.41, 5.74) is 2.05. The van der Waals surface area contributed by atoms with Crippen molar-refractivity contribution < 1.29 is 27.5 Å². The topological polar surface area (TPSA) is 58.6 Å². The fraction of sp³-hybridized carbons (Fsp3) is 0.310. The lowest BCUT2D eigenvalue weighted by Gasteiger charge is -2.44. The van der Waals surface area contributed by atoms with Gasteiger partial charge in [-0.25, -0.2) is 18.0 Å². The Balaban J connectivity index is 1.51. The number of halogens is 3. The Morgan fingerprint density at radius 3 is 2.32 bits per heavy atom. The molecule has 0 unspecified atom stereocenters. The van der Waals surface area contributed by atoms with E-state index in [0.29, 0.717) is 30.5 Å². The number of nitrogens with zero attached hydrogens (tertiary/aromatic N) is 1. The lowest BCUT2D eigenvalue weighted by Crippen LogP contribution is -2.47. The molecule has 37 heavy (non-hydrogen) atoms. The van der Waals surface area contributed by atoms with E-state index in [2.05, 4.69) is 5.32 Å². The molecule has 3 aromatic carbocycles. The smallest absolute Gasteiger partial charge is 0.406 e. The summed E-state index contributed by atoms with van der Waals surface area (Å²) in [6.45, 7) is 2.53. The molecule has 1 heterocycles. The maximum Gasteiger partial charge on any atom is 0.406 e. The Morgan fingerprint density at radius 2 is 1.70 bits per heavy atom. The van der Waals surface area contributed by atoms with Crippen LogP contribution in [0.25, 0.3) is 11.1 Å². The van der Waals surface area contributed by atoms with Crippen LogP contribution in [0.15, 0.2) is 66.7 Å². The van der Waals surface area contributed by atoms with Gasteiger partial charge in [-0.1, -0.05) is 36.4 Å². The van der Waals surface area contributed by atoms with Gasteiger partial charge in [-0.3, -0.25) is 4.79 Å². The standard InChI is InChI=1S/C29H29F3N2O3/c1-19(20-3-5-21(6-4-20)25-12-11-24(31)17-26(25)32)34-15-13-29(18-27(34)35,14-16-37-28(36)33-2)22-7-9-23(30)10-8-22/h3-12,17,19H,13-16,18H2,1-2H3,(H,33,36)/t19-,29+/m1/s1. The van der Waals surface area contributed by atoms with Gasteiger partial charge < -0.3 is 15.0 Å². The lowest BCUT2D eigenvalue weighted by atomic mass is 9.70. The van der Waals surface area contributed by atoms with E-state index in [1.807, 2.05) is 19.1 Å². The molecule has 1 aliphatic rings. The van der Waals surface area contributed by atoms with E-state index in [-0.39, 0.29) is 30.8 Å². The zero-order valence-corrected chi connectivity index (χ0v) is 20.8. The summed E-state index contributed by atoms with van der Waals surface area (Å²) >= 11 is 0. The number of hydrogen-bond acceptors (Lipinski definition) is 3. The van der Waals surface area contributed by atoms with E-state index in [1.54, 1.807) is 29.2 Å². The summed E-state index contributed by atoms with van der Waals surface area (Å²) in [5.74, 6) is -1.69. The van der Waals surface area contributed by atoms with Crippen LogP contribution in [-0.4, -0.2) is 37.1 Å². The maximum absolute atomic E-state index is 14.2. The van der Waals surface area contributed by atoms with Gasteiger partial charge in [-0.15, -0.1) is 0 Å². The molecule has 0 bridgehead atoms. The van der Waals surface area contributed by atoms with Gasteiger partial charge in [0.25, 0.3) is 0 Å². The molecule has 8 heteroatoms. The molecule has 194 valence electrons. The molecule has 0 radical (unpaired) electrons. The first-order chi connectivity index (χ1) is 17.7. The zero-order chi connectivity index (χ0) is 26.6. The molecule has 5 nitrogen and oxygen atoms in total. The van der Waals surface area contributed by atoms with Crippen LogP contribution < -0.4 is 5.32 Å². The third-order valence-electron chi connectivity index (χ3n) is 7.22. The number of alkyl carbamates (subject to hydrolysis) is 1. The minimum Gasteiger partial charge on any atom is -0.450 e. The number of benzene rings is 3. The van der Waals surface area contributed by atoms with Crippen LogP contribution in [0.5, 0.6) is 0 Å². The maximum atomic E-state index is 14.2. The van der Waals surface area contributed by atoms with Gasteiger partial charge in [-0.05, 0) is 60.7 Å². The van der Waals surface area contributed by atoms with Crippen LogP contribution in [0, 0.1) is 17.5 Å². The highest BCUT2D eigenvalue weighted by atomic mass is 19.1. The van der Waals surface area contributed by atoms with Gasteiger partial charge >= 0.3 is 6.09 Å². The third kappa shape index (κ3) is 5.79. The van der Waals surface area contributed by atoms with Crippen LogP contribution in [-0.2, 0) is 14.9 Å². The molecule has 1 fully saturated rings. The summed E-state index contributed by atoms with van der Waals surface area (Å²) in [7, 11) is 1.48. The summed E-state index contributed by atoms with van der Waals surface area (Å²) in [5, 5.41) is 2.41. The molecule has 3 aromatic rings. The van der Waals surface area contributed by atoms with Crippen molar-refractivity contribution in [3.05, 3.63) is 95.3 Å². The van der Waals surface area contributed by atoms with Crippen LogP contribution in [0.4, 0.5) is 18.0 Å². The van der Waals surface area contributed by atoms with Gasteiger partial charge in [-0.2, -0.15) is 0 Å². The van der Waals surface area contributed by atoms with Gasteiger partial charge in [0, 0.05) is 37.1 Å². The number of likely N-dealkylation sites (tertiary alicyclic amines) is 1. The van der Waals surface area contributed by atoms with Crippen LogP contribution in [0.1, 0.15) is 43.4 Å². The Hall–Kier alpha value is -3.81. The predicted molar refractivity (Wildman–Crippen MR) is 134 cm³/mol. The normalized spacial score (nSPS) is 18.4. The van der Waals surface area contributed by atoms with E-state index in [0.717, 1.165) is 17.2 Å². The lowest BCUT2D eigenvalue weighted by molar-refractivity contribution is -0.138. The molecule has 0 aliphatic carbocycles. The van der Waals surface area contributed by atoms with Gasteiger partial charge in [0.2, 0.25) is 5.91 Å². The van der Waals surface area contributed by atoms with Crippen molar-refractivity contribution in [2.24, 2.45) is 0 Å². The van der Waals surface area contributed by atoms with Crippen LogP contribution in [0.3, 0.4) is 0 Å². The molecule has 4 rings (SSSR count). The van der Waals surface area contributed by atoms with Gasteiger partial charge in [0.1, 0.15) is 17.5 Å². The van der Waals surface area contributed by atoms with Crippen molar-refractivity contribution in [1.29, 1.82) is 0 Å². The largest absolute Gasteiger partial charge is 0.450 e. The van der Waals surface area contributed by atoms with Crippen molar-refractivity contribution >= 4 is 12.0 Å². The van der Waals surface area contributed by atoms with Crippen molar-refractivity contribution in [1.82, 2.24) is 10.2 Å². The summed E-state index contributed by atoms with van der Waals surface area (Å²) in [6.07, 6.45) is 0.692. The predicted octanol–water partition coefficient (Wildman–Crippen LogP) is 6.14. The number of piperidine rings is 1. The Morgan fingerprint density at radius 1 is 1.03 bits per heavy atom. The molecule has 2 atom stereocenters. The molecule has 1 aliphatic heterocycles. The highest BCUT2D eigenvalue weighted by Crippen LogP contribution is 2.41. The molecule has 0 spiro atoms. The number of nitrogens with one attached hydrogen (secondary N) is 1. The van der Waals surface area contributed by atoms with E-state index < -0.39 is 23.1 Å². The highest BCUT2D eigenvalue weighted by molar-refractivity contribution is 5.79. The SMILES string of the molecule is CNC(=O)OCC[C@@]1(c2ccc(F)cc2)CCN([C@H](C)c2ccc(-c3ccc(F)cc3F)cc2)C(=O)C1. The second kappa shape index (κ2) is 11.1. The Bertz CT molecular complexity index is 1260. The Labute approximate surface area is 214 Å². The molecule has 0 saturated carbocycles. The van der Waals surface area contributed by atoms with Gasteiger partial charge in [0.05, 0.1) is 12.6 Å². The van der Waals surface area contributed by atoms with E-state index in [9.17, 15) is 22.8 Å². The summed E-state index contributed by atoms with van der Waals surface area (Å²) in [4.78, 5) is 26.8. The number of ether oxygens (including phenoxy) is 1. The monoisotopic (exact) mass is 510 g/mol.